The molecule has 0 aromatic carbocycles. The normalized spacial score (nSPS) is 12.0. The van der Waals surface area contributed by atoms with E-state index in [1.54, 1.807) is 7.05 Å². The highest BCUT2D eigenvalue weighted by atomic mass is 79.9. The van der Waals surface area contributed by atoms with Crippen molar-refractivity contribution in [1.82, 2.24) is 9.78 Å². The number of aromatic nitrogens is 2. The molecule has 0 atom stereocenters. The Morgan fingerprint density at radius 3 is 2.17 bits per heavy atom. The maximum Gasteiger partial charge on any atom is 0.243 e. The Labute approximate surface area is 86.2 Å². The van der Waals surface area contributed by atoms with Crippen molar-refractivity contribution < 1.29 is 8.42 Å². The van der Waals surface area contributed by atoms with E-state index in [2.05, 4.69) is 37.0 Å². The molecule has 0 saturated heterocycles. The number of primary sulfonamides is 1. The number of halogens is 2. The summed E-state index contributed by atoms with van der Waals surface area (Å²) in [6.07, 6.45) is 0. The van der Waals surface area contributed by atoms with E-state index < -0.39 is 10.0 Å². The third-order valence-electron chi connectivity index (χ3n) is 1.18. The Kier molecular flexibility index (Phi) is 2.62. The molecule has 1 rings (SSSR count). The van der Waals surface area contributed by atoms with Crippen LogP contribution in [0.4, 0.5) is 0 Å². The van der Waals surface area contributed by atoms with Gasteiger partial charge in [0.1, 0.15) is 14.1 Å². The second-order valence-electron chi connectivity index (χ2n) is 2.08. The van der Waals surface area contributed by atoms with Crippen molar-refractivity contribution in [3.8, 4) is 0 Å². The van der Waals surface area contributed by atoms with Crippen LogP contribution in [0, 0.1) is 0 Å². The van der Waals surface area contributed by atoms with Gasteiger partial charge in [0.05, 0.1) is 0 Å². The van der Waals surface area contributed by atoms with Crippen molar-refractivity contribution in [2.75, 3.05) is 0 Å². The largest absolute Gasteiger partial charge is 0.259 e. The SMILES string of the molecule is Cn1nc(Br)c(S(N)(=O)=O)c1Br. The first kappa shape index (κ1) is 10.2. The van der Waals surface area contributed by atoms with Crippen LogP contribution in [0.15, 0.2) is 14.1 Å². The maximum atomic E-state index is 11.0. The first-order valence-electron chi connectivity index (χ1n) is 2.75. The summed E-state index contributed by atoms with van der Waals surface area (Å²) in [4.78, 5) is -0.0370. The van der Waals surface area contributed by atoms with Gasteiger partial charge in [0.25, 0.3) is 0 Å². The smallest absolute Gasteiger partial charge is 0.243 e. The highest BCUT2D eigenvalue weighted by Gasteiger charge is 2.21. The lowest BCUT2D eigenvalue weighted by molar-refractivity contribution is 0.596. The van der Waals surface area contributed by atoms with Gasteiger partial charge in [-0.1, -0.05) is 0 Å². The second-order valence-corrected chi connectivity index (χ2v) is 5.08. The van der Waals surface area contributed by atoms with Crippen molar-refractivity contribution in [2.24, 2.45) is 12.2 Å². The Hall–Kier alpha value is 0.0800. The third kappa shape index (κ3) is 1.70. The molecule has 0 saturated carbocycles. The summed E-state index contributed by atoms with van der Waals surface area (Å²) in [7, 11) is -2.12. The number of rotatable bonds is 1. The quantitative estimate of drug-likeness (QED) is 0.823. The fourth-order valence-corrected chi connectivity index (χ4v) is 3.64. The molecule has 0 fully saturated rings. The number of sulfonamides is 1. The Balaban J connectivity index is 3.54. The highest BCUT2D eigenvalue weighted by molar-refractivity contribution is 9.11. The molecule has 2 N–H and O–H groups in total. The van der Waals surface area contributed by atoms with Gasteiger partial charge in [-0.05, 0) is 31.9 Å². The van der Waals surface area contributed by atoms with Crippen LogP contribution in [-0.4, -0.2) is 18.2 Å². The summed E-state index contributed by atoms with van der Waals surface area (Å²) >= 11 is 6.03. The summed E-state index contributed by atoms with van der Waals surface area (Å²) in [5.74, 6) is 0. The third-order valence-corrected chi connectivity index (χ3v) is 4.13. The Bertz CT molecular complexity index is 410. The van der Waals surface area contributed by atoms with Crippen LogP contribution in [0.2, 0.25) is 0 Å². The van der Waals surface area contributed by atoms with E-state index >= 15 is 0 Å². The summed E-state index contributed by atoms with van der Waals surface area (Å²) in [6.45, 7) is 0. The van der Waals surface area contributed by atoms with E-state index in [-0.39, 0.29) is 9.50 Å². The first-order valence-corrected chi connectivity index (χ1v) is 5.88. The molecule has 1 heterocycles. The standard InChI is InChI=1S/C4H5Br2N3O2S/c1-9-4(6)2(3(5)8-9)12(7,10)11/h1H3,(H2,7,10,11). The summed E-state index contributed by atoms with van der Waals surface area (Å²) in [5, 5.41) is 8.74. The Morgan fingerprint density at radius 2 is 2.00 bits per heavy atom. The van der Waals surface area contributed by atoms with E-state index in [0.29, 0.717) is 4.60 Å². The minimum atomic E-state index is -3.72. The van der Waals surface area contributed by atoms with Crippen molar-refractivity contribution in [1.29, 1.82) is 0 Å². The minimum Gasteiger partial charge on any atom is -0.259 e. The number of aryl methyl sites for hydroxylation is 1. The van der Waals surface area contributed by atoms with Crippen LogP contribution in [0.1, 0.15) is 0 Å². The highest BCUT2D eigenvalue weighted by Crippen LogP contribution is 2.27. The van der Waals surface area contributed by atoms with Gasteiger partial charge in [-0.15, -0.1) is 0 Å². The minimum absolute atomic E-state index is 0.0370. The van der Waals surface area contributed by atoms with Crippen LogP contribution in [0.5, 0.6) is 0 Å². The summed E-state index contributed by atoms with van der Waals surface area (Å²) < 4.78 is 23.8. The van der Waals surface area contributed by atoms with E-state index in [9.17, 15) is 8.42 Å². The van der Waals surface area contributed by atoms with Crippen LogP contribution < -0.4 is 5.14 Å². The van der Waals surface area contributed by atoms with Gasteiger partial charge in [0.2, 0.25) is 10.0 Å². The summed E-state index contributed by atoms with van der Waals surface area (Å²) in [6, 6.07) is 0. The van der Waals surface area contributed by atoms with Gasteiger partial charge in [-0.25, -0.2) is 13.6 Å². The van der Waals surface area contributed by atoms with Crippen LogP contribution in [-0.2, 0) is 17.1 Å². The van der Waals surface area contributed by atoms with Crippen LogP contribution >= 0.6 is 31.9 Å². The lowest BCUT2D eigenvalue weighted by Crippen LogP contribution is -2.12. The number of nitrogens with two attached hydrogens (primary N) is 1. The number of hydrogen-bond acceptors (Lipinski definition) is 3. The lowest BCUT2D eigenvalue weighted by Gasteiger charge is -1.94. The molecule has 1 aromatic heterocycles. The summed E-state index contributed by atoms with van der Waals surface area (Å²) in [5.41, 5.74) is 0. The zero-order valence-corrected chi connectivity index (χ0v) is 9.94. The predicted molar refractivity (Wildman–Crippen MR) is 50.0 cm³/mol. The van der Waals surface area contributed by atoms with Crippen molar-refractivity contribution in [3.63, 3.8) is 0 Å². The molecular formula is C4H5Br2N3O2S. The monoisotopic (exact) mass is 317 g/mol. The molecule has 0 aliphatic rings. The van der Waals surface area contributed by atoms with Crippen LogP contribution in [0.3, 0.4) is 0 Å². The molecule has 8 heteroatoms. The zero-order chi connectivity index (χ0) is 9.52. The van der Waals surface area contributed by atoms with Gasteiger partial charge in [-0.3, -0.25) is 4.68 Å². The predicted octanol–water partition coefficient (Wildman–Crippen LogP) is 0.593. The molecular weight excluding hydrogens is 314 g/mol. The van der Waals surface area contributed by atoms with Gasteiger partial charge >= 0.3 is 0 Å². The average molecular weight is 319 g/mol. The maximum absolute atomic E-state index is 11.0. The van der Waals surface area contributed by atoms with Crippen molar-refractivity contribution in [3.05, 3.63) is 9.21 Å². The van der Waals surface area contributed by atoms with Crippen molar-refractivity contribution >= 4 is 41.9 Å². The molecule has 68 valence electrons. The molecule has 0 bridgehead atoms. The van der Waals surface area contributed by atoms with E-state index in [4.69, 9.17) is 5.14 Å². The molecule has 0 unspecified atom stereocenters. The Morgan fingerprint density at radius 1 is 1.50 bits per heavy atom. The molecule has 0 amide bonds. The fraction of sp³-hybridized carbons (Fsp3) is 0.250. The number of nitrogens with zero attached hydrogens (tertiary/aromatic N) is 2. The number of hydrogen-bond donors (Lipinski definition) is 1. The topological polar surface area (TPSA) is 78.0 Å². The molecule has 5 nitrogen and oxygen atoms in total. The molecule has 12 heavy (non-hydrogen) atoms. The van der Waals surface area contributed by atoms with E-state index in [1.165, 1.54) is 4.68 Å². The van der Waals surface area contributed by atoms with Crippen LogP contribution in [0.25, 0.3) is 0 Å². The molecule has 0 radical (unpaired) electrons. The van der Waals surface area contributed by atoms with Crippen molar-refractivity contribution in [2.45, 2.75) is 4.90 Å². The van der Waals surface area contributed by atoms with Gasteiger partial charge < -0.3 is 0 Å². The van der Waals surface area contributed by atoms with E-state index in [0.717, 1.165) is 0 Å². The second kappa shape index (κ2) is 3.09. The first-order chi connectivity index (χ1) is 5.34. The lowest BCUT2D eigenvalue weighted by atomic mass is 10.7. The molecule has 0 spiro atoms. The molecule has 0 aliphatic carbocycles. The van der Waals surface area contributed by atoms with Gasteiger partial charge in [0.15, 0.2) is 0 Å². The molecule has 1 aromatic rings. The fourth-order valence-electron chi connectivity index (χ4n) is 0.688. The zero-order valence-electron chi connectivity index (χ0n) is 5.95. The van der Waals surface area contributed by atoms with Gasteiger partial charge in [0, 0.05) is 7.05 Å². The average Bonchev–Trinajstić information content (AvgIpc) is 2.05. The van der Waals surface area contributed by atoms with Gasteiger partial charge in [-0.2, -0.15) is 5.10 Å². The molecule has 0 aliphatic heterocycles. The van der Waals surface area contributed by atoms with E-state index in [1.807, 2.05) is 0 Å².